The monoisotopic (exact) mass is 326 g/mol. The Hall–Kier alpha value is -2.80. The number of thiazole rings is 1. The Bertz CT molecular complexity index is 887. The summed E-state index contributed by atoms with van der Waals surface area (Å²) < 4.78 is 0. The molecule has 0 saturated heterocycles. The fraction of sp³-hybridized carbons (Fsp3) is 0.125. The number of carbonyl (C=O) groups is 2. The van der Waals surface area contributed by atoms with Gasteiger partial charge in [-0.15, -0.1) is 0 Å². The van der Waals surface area contributed by atoms with Crippen LogP contribution in [-0.2, 0) is 9.59 Å². The molecule has 6 nitrogen and oxygen atoms in total. The lowest BCUT2D eigenvalue weighted by atomic mass is 10.1. The van der Waals surface area contributed by atoms with Gasteiger partial charge in [0.25, 0.3) is 0 Å². The lowest BCUT2D eigenvalue weighted by Crippen LogP contribution is -2.05. The van der Waals surface area contributed by atoms with E-state index in [1.165, 1.54) is 25.2 Å². The van der Waals surface area contributed by atoms with Crippen molar-refractivity contribution >= 4 is 44.3 Å². The zero-order valence-corrected chi connectivity index (χ0v) is 13.4. The van der Waals surface area contributed by atoms with Crippen LogP contribution in [0.25, 0.3) is 21.6 Å². The molecule has 0 saturated carbocycles. The molecule has 0 unspecified atom stereocenters. The molecule has 3 aromatic rings. The van der Waals surface area contributed by atoms with Crippen LogP contribution in [0.1, 0.15) is 13.8 Å². The molecule has 0 fully saturated rings. The van der Waals surface area contributed by atoms with Crippen LogP contribution in [0, 0.1) is 0 Å². The molecule has 23 heavy (non-hydrogen) atoms. The fourth-order valence-corrected chi connectivity index (χ4v) is 2.99. The molecule has 2 aromatic heterocycles. The summed E-state index contributed by atoms with van der Waals surface area (Å²) in [4.78, 5) is 31.8. The van der Waals surface area contributed by atoms with Crippen molar-refractivity contribution in [3.8, 4) is 11.3 Å². The molecule has 0 aliphatic heterocycles. The standard InChI is InChI=1S/C16H14N4O2S/c1-9(21)17-12-5-3-11(4-6-12)13-7-8-14-15(19-13)23-16(20-14)18-10(2)22/h3-8H,1-2H3,(H,17,21)(H,18,20,22). The summed E-state index contributed by atoms with van der Waals surface area (Å²) in [5.74, 6) is -0.259. The minimum absolute atomic E-state index is 0.104. The second-order valence-electron chi connectivity index (χ2n) is 4.98. The zero-order valence-electron chi connectivity index (χ0n) is 12.6. The van der Waals surface area contributed by atoms with Crippen LogP contribution < -0.4 is 10.6 Å². The fourth-order valence-electron chi connectivity index (χ4n) is 2.11. The highest BCUT2D eigenvalue weighted by Crippen LogP contribution is 2.28. The minimum Gasteiger partial charge on any atom is -0.326 e. The number of hydrogen-bond donors (Lipinski definition) is 2. The highest BCUT2D eigenvalue weighted by molar-refractivity contribution is 7.21. The average molecular weight is 326 g/mol. The second-order valence-corrected chi connectivity index (χ2v) is 5.96. The molecule has 2 amide bonds. The van der Waals surface area contributed by atoms with Gasteiger partial charge in [-0.1, -0.05) is 23.5 Å². The highest BCUT2D eigenvalue weighted by atomic mass is 32.1. The van der Waals surface area contributed by atoms with E-state index >= 15 is 0 Å². The van der Waals surface area contributed by atoms with Gasteiger partial charge < -0.3 is 10.6 Å². The van der Waals surface area contributed by atoms with Crippen molar-refractivity contribution < 1.29 is 9.59 Å². The third-order valence-corrected chi connectivity index (χ3v) is 3.92. The van der Waals surface area contributed by atoms with Gasteiger partial charge in [0.1, 0.15) is 10.3 Å². The number of rotatable bonds is 3. The maximum absolute atomic E-state index is 11.1. The average Bonchev–Trinajstić information content (AvgIpc) is 2.87. The molecule has 2 N–H and O–H groups in total. The molecule has 0 radical (unpaired) electrons. The number of fused-ring (bicyclic) bond motifs is 1. The van der Waals surface area contributed by atoms with Crippen LogP contribution in [0.4, 0.5) is 10.8 Å². The molecule has 0 aliphatic rings. The Morgan fingerprint density at radius 3 is 2.26 bits per heavy atom. The van der Waals surface area contributed by atoms with E-state index in [2.05, 4.69) is 20.6 Å². The highest BCUT2D eigenvalue weighted by Gasteiger charge is 2.08. The number of pyridine rings is 1. The smallest absolute Gasteiger partial charge is 0.223 e. The van der Waals surface area contributed by atoms with Gasteiger partial charge in [0.05, 0.1) is 5.69 Å². The Morgan fingerprint density at radius 1 is 0.913 bits per heavy atom. The Morgan fingerprint density at radius 2 is 1.61 bits per heavy atom. The van der Waals surface area contributed by atoms with E-state index < -0.39 is 0 Å². The molecular weight excluding hydrogens is 312 g/mol. The number of nitrogens with zero attached hydrogens (tertiary/aromatic N) is 2. The van der Waals surface area contributed by atoms with Gasteiger partial charge in [-0.2, -0.15) is 0 Å². The summed E-state index contributed by atoms with van der Waals surface area (Å²) in [6.07, 6.45) is 0. The van der Waals surface area contributed by atoms with Crippen molar-refractivity contribution in [3.05, 3.63) is 36.4 Å². The predicted molar refractivity (Wildman–Crippen MR) is 91.5 cm³/mol. The second kappa shape index (κ2) is 6.13. The molecule has 7 heteroatoms. The lowest BCUT2D eigenvalue weighted by Gasteiger charge is -2.04. The third-order valence-electron chi connectivity index (χ3n) is 3.04. The molecular formula is C16H14N4O2S. The van der Waals surface area contributed by atoms with Gasteiger partial charge >= 0.3 is 0 Å². The molecule has 0 aliphatic carbocycles. The maximum Gasteiger partial charge on any atom is 0.223 e. The summed E-state index contributed by atoms with van der Waals surface area (Å²) in [6.45, 7) is 2.92. The lowest BCUT2D eigenvalue weighted by molar-refractivity contribution is -0.115. The molecule has 2 heterocycles. The summed E-state index contributed by atoms with van der Waals surface area (Å²) >= 11 is 1.33. The van der Waals surface area contributed by atoms with E-state index in [1.807, 2.05) is 36.4 Å². The summed E-state index contributed by atoms with van der Waals surface area (Å²) in [6, 6.07) is 11.2. The minimum atomic E-state index is -0.155. The summed E-state index contributed by atoms with van der Waals surface area (Å²) in [7, 11) is 0. The molecule has 0 bridgehead atoms. The van der Waals surface area contributed by atoms with E-state index in [0.717, 1.165) is 27.3 Å². The van der Waals surface area contributed by atoms with Gasteiger partial charge in [0.15, 0.2) is 5.13 Å². The number of anilines is 2. The first-order valence-electron chi connectivity index (χ1n) is 6.94. The zero-order chi connectivity index (χ0) is 16.4. The van der Waals surface area contributed by atoms with Gasteiger partial charge in [0.2, 0.25) is 11.8 Å². The number of amides is 2. The van der Waals surface area contributed by atoms with E-state index in [-0.39, 0.29) is 11.8 Å². The van der Waals surface area contributed by atoms with Crippen molar-refractivity contribution in [2.45, 2.75) is 13.8 Å². The van der Waals surface area contributed by atoms with Crippen LogP contribution >= 0.6 is 11.3 Å². The number of carbonyl (C=O) groups excluding carboxylic acids is 2. The molecule has 0 spiro atoms. The SMILES string of the molecule is CC(=O)Nc1ccc(-c2ccc3nc(NC(C)=O)sc3n2)cc1. The van der Waals surface area contributed by atoms with Crippen LogP contribution in [-0.4, -0.2) is 21.8 Å². The van der Waals surface area contributed by atoms with E-state index in [0.29, 0.717) is 5.13 Å². The Labute approximate surface area is 136 Å². The van der Waals surface area contributed by atoms with Crippen molar-refractivity contribution in [3.63, 3.8) is 0 Å². The van der Waals surface area contributed by atoms with Crippen molar-refractivity contribution in [2.75, 3.05) is 10.6 Å². The normalized spacial score (nSPS) is 10.5. The predicted octanol–water partition coefficient (Wildman–Crippen LogP) is 3.28. The van der Waals surface area contributed by atoms with Gasteiger partial charge in [-0.3, -0.25) is 9.59 Å². The molecule has 3 rings (SSSR count). The summed E-state index contributed by atoms with van der Waals surface area (Å²) in [5, 5.41) is 5.93. The molecule has 1 aromatic carbocycles. The Balaban J connectivity index is 1.90. The van der Waals surface area contributed by atoms with Crippen molar-refractivity contribution in [2.24, 2.45) is 0 Å². The molecule has 0 atom stereocenters. The van der Waals surface area contributed by atoms with Gasteiger partial charge in [-0.25, -0.2) is 9.97 Å². The van der Waals surface area contributed by atoms with E-state index in [9.17, 15) is 9.59 Å². The molecule has 116 valence electrons. The topological polar surface area (TPSA) is 84.0 Å². The number of aromatic nitrogens is 2. The van der Waals surface area contributed by atoms with E-state index in [4.69, 9.17) is 0 Å². The largest absolute Gasteiger partial charge is 0.326 e. The van der Waals surface area contributed by atoms with Gasteiger partial charge in [0, 0.05) is 25.1 Å². The first-order chi connectivity index (χ1) is 11.0. The maximum atomic E-state index is 11.1. The number of hydrogen-bond acceptors (Lipinski definition) is 5. The first-order valence-corrected chi connectivity index (χ1v) is 7.76. The van der Waals surface area contributed by atoms with Crippen LogP contribution in [0.15, 0.2) is 36.4 Å². The van der Waals surface area contributed by atoms with Crippen LogP contribution in [0.5, 0.6) is 0 Å². The van der Waals surface area contributed by atoms with Crippen LogP contribution in [0.3, 0.4) is 0 Å². The van der Waals surface area contributed by atoms with Crippen LogP contribution in [0.2, 0.25) is 0 Å². The Kier molecular flexibility index (Phi) is 4.03. The third kappa shape index (κ3) is 3.51. The number of nitrogens with one attached hydrogen (secondary N) is 2. The van der Waals surface area contributed by atoms with E-state index in [1.54, 1.807) is 0 Å². The van der Waals surface area contributed by atoms with Gasteiger partial charge in [-0.05, 0) is 24.3 Å². The first kappa shape index (κ1) is 15.1. The summed E-state index contributed by atoms with van der Waals surface area (Å²) in [5.41, 5.74) is 3.24. The van der Waals surface area contributed by atoms with Crippen molar-refractivity contribution in [1.29, 1.82) is 0 Å². The number of benzene rings is 1. The van der Waals surface area contributed by atoms with Crippen molar-refractivity contribution in [1.82, 2.24) is 9.97 Å². The quantitative estimate of drug-likeness (QED) is 0.773.